The molecule has 2 unspecified atom stereocenters. The van der Waals surface area contributed by atoms with E-state index in [0.29, 0.717) is 45.0 Å². The molecule has 0 spiro atoms. The quantitative estimate of drug-likeness (QED) is 0.718. The van der Waals surface area contributed by atoms with Crippen molar-refractivity contribution in [2.75, 3.05) is 13.1 Å². The van der Waals surface area contributed by atoms with Crippen LogP contribution in [0.5, 0.6) is 0 Å². The molecular weight excluding hydrogens is 371 g/mol. The summed E-state index contributed by atoms with van der Waals surface area (Å²) in [6, 6.07) is 0. The van der Waals surface area contributed by atoms with E-state index in [4.69, 9.17) is 33.0 Å². The molecule has 2 aromatic heterocycles. The molecule has 7 heteroatoms. The predicted octanol–water partition coefficient (Wildman–Crippen LogP) is 4.59. The lowest BCUT2D eigenvalue weighted by Gasteiger charge is -2.09. The van der Waals surface area contributed by atoms with Gasteiger partial charge in [0.25, 0.3) is 0 Å². The van der Waals surface area contributed by atoms with E-state index in [1.54, 1.807) is 12.4 Å². The predicted molar refractivity (Wildman–Crippen MR) is 98.4 cm³/mol. The van der Waals surface area contributed by atoms with Crippen LogP contribution >= 0.6 is 23.2 Å². The molecule has 2 aromatic rings. The smallest absolute Gasteiger partial charge is 0.179 e. The fourth-order valence-electron chi connectivity index (χ4n) is 4.08. The Balaban J connectivity index is 1.48. The van der Waals surface area contributed by atoms with E-state index in [9.17, 15) is 0 Å². The zero-order chi connectivity index (χ0) is 17.8. The first-order chi connectivity index (χ1) is 12.7. The van der Waals surface area contributed by atoms with Crippen LogP contribution in [0.3, 0.4) is 0 Å². The highest BCUT2D eigenvalue weighted by molar-refractivity contribution is 6.39. The Hall–Kier alpha value is -2.03. The number of allylic oxidation sites excluding steroid dienone is 1. The summed E-state index contributed by atoms with van der Waals surface area (Å²) in [7, 11) is 0. The number of pyridine rings is 1. The minimum absolute atomic E-state index is 0.433. The highest BCUT2D eigenvalue weighted by atomic mass is 35.5. The first kappa shape index (κ1) is 16.2. The van der Waals surface area contributed by atoms with Gasteiger partial charge in [-0.15, -0.1) is 0 Å². The lowest BCUT2D eigenvalue weighted by atomic mass is 10.0. The summed E-state index contributed by atoms with van der Waals surface area (Å²) >= 11 is 12.7. The Kier molecular flexibility index (Phi) is 3.73. The van der Waals surface area contributed by atoms with Gasteiger partial charge >= 0.3 is 0 Å². The minimum Gasteiger partial charge on any atom is -0.360 e. The van der Waals surface area contributed by atoms with Crippen LogP contribution in [-0.2, 0) is 0 Å². The standard InChI is InChI=1S/C19H16Cl2N4O/c20-15-5-23-6-16(21)17(15)18-12(19(26-24-18)10-1-2-10)4-3-11-13-7-25(9-22)8-14(11)13/h3-6,10-11,13-14H,1-2,7-8H2. The van der Waals surface area contributed by atoms with Gasteiger partial charge in [0, 0.05) is 42.5 Å². The van der Waals surface area contributed by atoms with Gasteiger partial charge in [-0.25, -0.2) is 0 Å². The molecule has 2 atom stereocenters. The van der Waals surface area contributed by atoms with Gasteiger partial charge in [0.2, 0.25) is 0 Å². The second kappa shape index (κ2) is 6.00. The van der Waals surface area contributed by atoms with E-state index < -0.39 is 0 Å². The summed E-state index contributed by atoms with van der Waals surface area (Å²) in [5.74, 6) is 3.06. The number of aromatic nitrogens is 2. The Bertz CT molecular complexity index is 911. The van der Waals surface area contributed by atoms with Gasteiger partial charge in [-0.2, -0.15) is 5.26 Å². The summed E-state index contributed by atoms with van der Waals surface area (Å²) in [5.41, 5.74) is 2.33. The van der Waals surface area contributed by atoms with Crippen LogP contribution in [0, 0.1) is 29.2 Å². The molecule has 2 aliphatic carbocycles. The SMILES string of the molecule is N#CN1CC2C(C=Cc3c(-c4c(Cl)cncc4Cl)noc3C3CC3)C2C1. The van der Waals surface area contributed by atoms with Crippen LogP contribution in [0.25, 0.3) is 17.3 Å². The van der Waals surface area contributed by atoms with Crippen molar-refractivity contribution in [3.8, 4) is 17.5 Å². The molecule has 3 heterocycles. The highest BCUT2D eigenvalue weighted by Crippen LogP contribution is 2.53. The fraction of sp³-hybridized carbons (Fsp3) is 0.421. The molecule has 0 amide bonds. The average Bonchev–Trinajstić information content (AvgIpc) is 3.49. The topological polar surface area (TPSA) is 66.0 Å². The van der Waals surface area contributed by atoms with Gasteiger partial charge in [-0.05, 0) is 30.6 Å². The van der Waals surface area contributed by atoms with Gasteiger partial charge in [-0.1, -0.05) is 40.5 Å². The number of rotatable bonds is 4. The van der Waals surface area contributed by atoms with Crippen molar-refractivity contribution in [2.24, 2.45) is 17.8 Å². The lowest BCUT2D eigenvalue weighted by molar-refractivity contribution is 0.386. The van der Waals surface area contributed by atoms with E-state index in [1.165, 1.54) is 0 Å². The van der Waals surface area contributed by atoms with Crippen molar-refractivity contribution in [3.63, 3.8) is 0 Å². The van der Waals surface area contributed by atoms with Gasteiger partial charge < -0.3 is 9.42 Å². The lowest BCUT2D eigenvalue weighted by Crippen LogP contribution is -2.17. The van der Waals surface area contributed by atoms with Crippen molar-refractivity contribution in [1.82, 2.24) is 15.0 Å². The number of likely N-dealkylation sites (tertiary alicyclic amines) is 1. The summed E-state index contributed by atoms with van der Waals surface area (Å²) in [5, 5.41) is 14.2. The first-order valence-corrected chi connectivity index (χ1v) is 9.54. The molecule has 0 bridgehead atoms. The van der Waals surface area contributed by atoms with Crippen LogP contribution in [0.2, 0.25) is 10.0 Å². The second-order valence-corrected chi connectivity index (χ2v) is 8.15. The number of nitrogens with zero attached hydrogens (tertiary/aromatic N) is 4. The monoisotopic (exact) mass is 386 g/mol. The normalized spacial score (nSPS) is 27.0. The molecule has 2 saturated carbocycles. The van der Waals surface area contributed by atoms with Crippen LogP contribution in [0.15, 0.2) is 23.0 Å². The molecule has 132 valence electrons. The van der Waals surface area contributed by atoms with E-state index in [0.717, 1.165) is 37.3 Å². The molecule has 26 heavy (non-hydrogen) atoms. The van der Waals surface area contributed by atoms with Crippen molar-refractivity contribution < 1.29 is 4.52 Å². The van der Waals surface area contributed by atoms with E-state index >= 15 is 0 Å². The first-order valence-electron chi connectivity index (χ1n) is 8.79. The average molecular weight is 387 g/mol. The van der Waals surface area contributed by atoms with Crippen LogP contribution in [-0.4, -0.2) is 28.1 Å². The van der Waals surface area contributed by atoms with Crippen molar-refractivity contribution in [1.29, 1.82) is 5.26 Å². The molecule has 0 N–H and O–H groups in total. The second-order valence-electron chi connectivity index (χ2n) is 7.33. The molecule has 1 aliphatic heterocycles. The third-order valence-electron chi connectivity index (χ3n) is 5.68. The van der Waals surface area contributed by atoms with Crippen molar-refractivity contribution in [3.05, 3.63) is 39.8 Å². The number of halogens is 2. The molecule has 0 radical (unpaired) electrons. The van der Waals surface area contributed by atoms with Crippen molar-refractivity contribution in [2.45, 2.75) is 18.8 Å². The maximum atomic E-state index is 9.00. The van der Waals surface area contributed by atoms with Crippen molar-refractivity contribution >= 4 is 29.3 Å². The summed E-state index contributed by atoms with van der Waals surface area (Å²) in [6.45, 7) is 1.73. The molecule has 3 aliphatic rings. The summed E-state index contributed by atoms with van der Waals surface area (Å²) < 4.78 is 5.68. The number of nitriles is 1. The molecular formula is C19H16Cl2N4O. The molecule has 5 rings (SSSR count). The Labute approximate surface area is 161 Å². The van der Waals surface area contributed by atoms with E-state index in [2.05, 4.69) is 28.5 Å². The van der Waals surface area contributed by atoms with Gasteiger partial charge in [-0.3, -0.25) is 4.98 Å². The van der Waals surface area contributed by atoms with Gasteiger partial charge in [0.1, 0.15) is 11.5 Å². The molecule has 3 fully saturated rings. The molecule has 0 aromatic carbocycles. The largest absolute Gasteiger partial charge is 0.360 e. The summed E-state index contributed by atoms with van der Waals surface area (Å²) in [4.78, 5) is 5.86. The Morgan fingerprint density at radius 2 is 1.88 bits per heavy atom. The maximum absolute atomic E-state index is 9.00. The minimum atomic E-state index is 0.433. The molecule has 5 nitrogen and oxygen atoms in total. The fourth-order valence-corrected chi connectivity index (χ4v) is 4.62. The van der Waals surface area contributed by atoms with E-state index in [1.807, 2.05) is 4.90 Å². The van der Waals surface area contributed by atoms with E-state index in [-0.39, 0.29) is 0 Å². The number of fused-ring (bicyclic) bond motifs is 1. The zero-order valence-corrected chi connectivity index (χ0v) is 15.4. The Morgan fingerprint density at radius 1 is 1.19 bits per heavy atom. The van der Waals surface area contributed by atoms with Gasteiger partial charge in [0.15, 0.2) is 6.19 Å². The third kappa shape index (κ3) is 2.60. The Morgan fingerprint density at radius 3 is 2.50 bits per heavy atom. The third-order valence-corrected chi connectivity index (χ3v) is 6.25. The summed E-state index contributed by atoms with van der Waals surface area (Å²) in [6.07, 6.45) is 12.0. The van der Waals surface area contributed by atoms with Gasteiger partial charge in [0.05, 0.1) is 10.0 Å². The highest BCUT2D eigenvalue weighted by Gasteiger charge is 2.54. The van der Waals surface area contributed by atoms with Crippen LogP contribution in [0.1, 0.15) is 30.1 Å². The maximum Gasteiger partial charge on any atom is 0.179 e. The molecule has 1 saturated heterocycles. The number of hydrogen-bond donors (Lipinski definition) is 0. The zero-order valence-electron chi connectivity index (χ0n) is 13.9. The van der Waals surface area contributed by atoms with Crippen LogP contribution in [0.4, 0.5) is 0 Å². The number of piperidine rings is 1. The number of hydrogen-bond acceptors (Lipinski definition) is 5. The van der Waals surface area contributed by atoms with Crippen LogP contribution < -0.4 is 0 Å².